The highest BCUT2D eigenvalue weighted by Gasteiger charge is 2.19. The molecule has 0 aliphatic rings. The monoisotopic (exact) mass is 731 g/mol. The minimum Gasteiger partial charge on any atom is -0.462 e. The molecule has 0 amide bonds. The van der Waals surface area contributed by atoms with Crippen molar-refractivity contribution in [3.05, 3.63) is 36.5 Å². The molecule has 0 aromatic heterocycles. The summed E-state index contributed by atoms with van der Waals surface area (Å²) in [7, 11) is 0. The molecule has 52 heavy (non-hydrogen) atoms. The minimum absolute atomic E-state index is 0.0797. The van der Waals surface area contributed by atoms with Gasteiger partial charge in [0.1, 0.15) is 13.2 Å². The van der Waals surface area contributed by atoms with E-state index in [9.17, 15) is 14.4 Å². The first kappa shape index (κ1) is 49.6. The van der Waals surface area contributed by atoms with E-state index >= 15 is 0 Å². The van der Waals surface area contributed by atoms with Crippen LogP contribution in [0.4, 0.5) is 0 Å². The second kappa shape index (κ2) is 41.4. The molecule has 0 heterocycles. The first-order valence-electron chi connectivity index (χ1n) is 22.0. The molecule has 0 rings (SSSR count). The number of esters is 3. The molecule has 6 nitrogen and oxygen atoms in total. The number of hydrogen-bond acceptors (Lipinski definition) is 6. The van der Waals surface area contributed by atoms with Crippen molar-refractivity contribution in [1.29, 1.82) is 0 Å². The zero-order valence-corrected chi connectivity index (χ0v) is 34.3. The molecule has 0 aromatic carbocycles. The van der Waals surface area contributed by atoms with E-state index in [4.69, 9.17) is 14.2 Å². The summed E-state index contributed by atoms with van der Waals surface area (Å²) >= 11 is 0. The number of carbonyl (C=O) groups excluding carboxylic acids is 3. The predicted octanol–water partition coefficient (Wildman–Crippen LogP) is 13.8. The summed E-state index contributed by atoms with van der Waals surface area (Å²) in [5.74, 6) is -0.905. The van der Waals surface area contributed by atoms with E-state index in [1.54, 1.807) is 0 Å². The smallest absolute Gasteiger partial charge is 0.306 e. The Morgan fingerprint density at radius 3 is 1.17 bits per heavy atom. The summed E-state index contributed by atoms with van der Waals surface area (Å²) in [6.45, 7) is 6.47. The molecule has 0 aliphatic heterocycles. The van der Waals surface area contributed by atoms with Crippen LogP contribution < -0.4 is 0 Å². The van der Waals surface area contributed by atoms with E-state index in [1.807, 2.05) is 0 Å². The first-order valence-corrected chi connectivity index (χ1v) is 22.0. The van der Waals surface area contributed by atoms with Crippen molar-refractivity contribution in [2.75, 3.05) is 13.2 Å². The van der Waals surface area contributed by atoms with Crippen molar-refractivity contribution in [2.45, 2.75) is 226 Å². The van der Waals surface area contributed by atoms with Gasteiger partial charge >= 0.3 is 17.9 Å². The summed E-state index contributed by atoms with van der Waals surface area (Å²) < 4.78 is 16.6. The highest BCUT2D eigenvalue weighted by Crippen LogP contribution is 2.14. The lowest BCUT2D eigenvalue weighted by Gasteiger charge is -2.18. The van der Waals surface area contributed by atoms with Gasteiger partial charge in [-0.2, -0.15) is 0 Å². The molecule has 0 saturated carbocycles. The van der Waals surface area contributed by atoms with Crippen molar-refractivity contribution >= 4 is 17.9 Å². The van der Waals surface area contributed by atoms with E-state index in [-0.39, 0.29) is 31.1 Å². The van der Waals surface area contributed by atoms with Crippen LogP contribution in [0.5, 0.6) is 0 Å². The van der Waals surface area contributed by atoms with Crippen LogP contribution >= 0.6 is 0 Å². The summed E-state index contributed by atoms with van der Waals surface area (Å²) in [6, 6.07) is 0. The van der Waals surface area contributed by atoms with Gasteiger partial charge in [-0.25, -0.2) is 0 Å². The average Bonchev–Trinajstić information content (AvgIpc) is 3.14. The van der Waals surface area contributed by atoms with E-state index in [1.165, 1.54) is 83.5 Å². The molecule has 0 fully saturated rings. The number of rotatable bonds is 39. The van der Waals surface area contributed by atoms with Crippen LogP contribution in [0.2, 0.25) is 0 Å². The largest absolute Gasteiger partial charge is 0.462 e. The van der Waals surface area contributed by atoms with Gasteiger partial charge in [0.2, 0.25) is 0 Å². The quantitative estimate of drug-likeness (QED) is 0.0271. The summed E-state index contributed by atoms with van der Waals surface area (Å²) in [5.41, 5.74) is 0. The maximum atomic E-state index is 12.7. The van der Waals surface area contributed by atoms with Crippen LogP contribution in [0.15, 0.2) is 36.5 Å². The third-order valence-corrected chi connectivity index (χ3v) is 9.33. The zero-order valence-electron chi connectivity index (χ0n) is 34.3. The highest BCUT2D eigenvalue weighted by atomic mass is 16.6. The highest BCUT2D eigenvalue weighted by molar-refractivity contribution is 5.71. The molecule has 0 N–H and O–H groups in total. The van der Waals surface area contributed by atoms with Crippen molar-refractivity contribution in [3.63, 3.8) is 0 Å². The molecular formula is C46H82O6. The molecule has 0 spiro atoms. The van der Waals surface area contributed by atoms with Gasteiger partial charge in [0.05, 0.1) is 0 Å². The van der Waals surface area contributed by atoms with Crippen LogP contribution in [-0.2, 0) is 28.6 Å². The van der Waals surface area contributed by atoms with Crippen LogP contribution in [0.3, 0.4) is 0 Å². The molecule has 0 saturated heterocycles. The van der Waals surface area contributed by atoms with Gasteiger partial charge in [-0.3, -0.25) is 14.4 Å². The number of ether oxygens (including phenoxy) is 3. The molecule has 0 aliphatic carbocycles. The van der Waals surface area contributed by atoms with Gasteiger partial charge < -0.3 is 14.2 Å². The Bertz CT molecular complexity index is 891. The Morgan fingerprint density at radius 2 is 0.731 bits per heavy atom. The fourth-order valence-electron chi connectivity index (χ4n) is 6.01. The number of carbonyl (C=O) groups is 3. The van der Waals surface area contributed by atoms with Crippen molar-refractivity contribution in [2.24, 2.45) is 0 Å². The number of allylic oxidation sites excluding steroid dienone is 6. The molecule has 6 heteroatoms. The Balaban J connectivity index is 4.39. The second-order valence-corrected chi connectivity index (χ2v) is 14.6. The van der Waals surface area contributed by atoms with E-state index < -0.39 is 6.10 Å². The minimum atomic E-state index is -0.774. The Labute approximate surface area is 321 Å². The maximum absolute atomic E-state index is 12.7. The van der Waals surface area contributed by atoms with Gasteiger partial charge in [0, 0.05) is 19.3 Å². The molecule has 0 aromatic rings. The Morgan fingerprint density at radius 1 is 0.385 bits per heavy atom. The van der Waals surface area contributed by atoms with Crippen LogP contribution in [0, 0.1) is 0 Å². The third kappa shape index (κ3) is 38.9. The lowest BCUT2D eigenvalue weighted by Crippen LogP contribution is -2.30. The van der Waals surface area contributed by atoms with E-state index in [0.29, 0.717) is 19.3 Å². The average molecular weight is 731 g/mol. The van der Waals surface area contributed by atoms with Gasteiger partial charge in [-0.05, 0) is 64.2 Å². The summed E-state index contributed by atoms with van der Waals surface area (Å²) in [4.78, 5) is 37.6. The van der Waals surface area contributed by atoms with E-state index in [0.717, 1.165) is 96.3 Å². The van der Waals surface area contributed by atoms with Gasteiger partial charge in [0.25, 0.3) is 0 Å². The predicted molar refractivity (Wildman–Crippen MR) is 219 cm³/mol. The number of unbranched alkanes of at least 4 members (excludes halogenated alkanes) is 22. The summed E-state index contributed by atoms with van der Waals surface area (Å²) in [6.07, 6.45) is 45.5. The van der Waals surface area contributed by atoms with Gasteiger partial charge in [0.15, 0.2) is 6.10 Å². The number of hydrogen-bond donors (Lipinski definition) is 0. The molecular weight excluding hydrogens is 648 g/mol. The molecule has 302 valence electrons. The zero-order chi connectivity index (χ0) is 38.0. The van der Waals surface area contributed by atoms with Crippen LogP contribution in [0.1, 0.15) is 220 Å². The lowest BCUT2D eigenvalue weighted by molar-refractivity contribution is -0.167. The Kier molecular flexibility index (Phi) is 39.5. The molecule has 0 bridgehead atoms. The topological polar surface area (TPSA) is 78.9 Å². The fraction of sp³-hybridized carbons (Fsp3) is 0.804. The van der Waals surface area contributed by atoms with Crippen molar-refractivity contribution < 1.29 is 28.6 Å². The second-order valence-electron chi connectivity index (χ2n) is 14.6. The van der Waals surface area contributed by atoms with Gasteiger partial charge in [-0.1, -0.05) is 173 Å². The van der Waals surface area contributed by atoms with Crippen molar-refractivity contribution in [3.8, 4) is 0 Å². The van der Waals surface area contributed by atoms with Crippen LogP contribution in [-0.4, -0.2) is 37.2 Å². The Hall–Kier alpha value is -2.37. The summed E-state index contributed by atoms with van der Waals surface area (Å²) in [5, 5.41) is 0. The molecule has 1 unspecified atom stereocenters. The SMILES string of the molecule is CCC/C=C\C/C=C\CCCCCCCC(=O)OCC(COC(=O)CCCCCCC/C=C\CCC)OC(=O)CCCCCCCCCCCCC. The normalized spacial score (nSPS) is 12.3. The molecule has 1 atom stereocenters. The maximum Gasteiger partial charge on any atom is 0.306 e. The fourth-order valence-corrected chi connectivity index (χ4v) is 6.01. The van der Waals surface area contributed by atoms with Gasteiger partial charge in [-0.15, -0.1) is 0 Å². The van der Waals surface area contributed by atoms with Crippen LogP contribution in [0.25, 0.3) is 0 Å². The van der Waals surface area contributed by atoms with E-state index in [2.05, 4.69) is 57.2 Å². The first-order chi connectivity index (χ1) is 25.5. The molecule has 0 radical (unpaired) electrons. The van der Waals surface area contributed by atoms with Crippen molar-refractivity contribution in [1.82, 2.24) is 0 Å². The third-order valence-electron chi connectivity index (χ3n) is 9.33. The standard InChI is InChI=1S/C46H82O6/c1-4-7-10-13-16-19-22-23-25-27-30-33-36-39-45(48)51-42-43(41-50-44(47)38-35-32-29-26-21-18-15-12-9-6-3)52-46(49)40-37-34-31-28-24-20-17-14-11-8-5-2/h10,12-13,15,19,22,43H,4-9,11,14,16-18,20-21,23-42H2,1-3H3/b13-10-,15-12-,22-19-. The lowest BCUT2D eigenvalue weighted by atomic mass is 10.1.